The third-order valence-corrected chi connectivity index (χ3v) is 2.91. The second-order valence-corrected chi connectivity index (χ2v) is 4.23. The monoisotopic (exact) mass is 225 g/mol. The van der Waals surface area contributed by atoms with Gasteiger partial charge < -0.3 is 15.6 Å². The van der Waals surface area contributed by atoms with Gasteiger partial charge in [-0.25, -0.2) is 4.39 Å². The molecule has 1 aliphatic rings. The first kappa shape index (κ1) is 11.2. The summed E-state index contributed by atoms with van der Waals surface area (Å²) in [6.45, 7) is 0. The van der Waals surface area contributed by atoms with Gasteiger partial charge >= 0.3 is 0 Å². The van der Waals surface area contributed by atoms with E-state index in [1.54, 1.807) is 0 Å². The molecule has 1 aromatic rings. The van der Waals surface area contributed by atoms with E-state index in [0.29, 0.717) is 11.4 Å². The standard InChI is InChI=1S/C12H16FNO2/c13-8-1-6-11(14)12(7-8)16-10-4-2-9(15)3-5-10/h1,6-7,9-10,15H,2-5,14H2. The van der Waals surface area contributed by atoms with Crippen molar-refractivity contribution in [2.45, 2.75) is 37.9 Å². The molecule has 2 rings (SSSR count). The van der Waals surface area contributed by atoms with E-state index in [0.717, 1.165) is 25.7 Å². The Morgan fingerprint density at radius 3 is 2.62 bits per heavy atom. The summed E-state index contributed by atoms with van der Waals surface area (Å²) in [6.07, 6.45) is 2.87. The maximum absolute atomic E-state index is 13.0. The van der Waals surface area contributed by atoms with Gasteiger partial charge in [0.15, 0.2) is 0 Å². The summed E-state index contributed by atoms with van der Waals surface area (Å²) in [5.41, 5.74) is 6.14. The Labute approximate surface area is 94.0 Å². The van der Waals surface area contributed by atoms with Crippen molar-refractivity contribution in [3.8, 4) is 5.75 Å². The number of benzene rings is 1. The van der Waals surface area contributed by atoms with Crippen LogP contribution in [0.3, 0.4) is 0 Å². The zero-order chi connectivity index (χ0) is 11.5. The highest BCUT2D eigenvalue weighted by Crippen LogP contribution is 2.28. The van der Waals surface area contributed by atoms with Gasteiger partial charge in [-0.2, -0.15) is 0 Å². The molecular weight excluding hydrogens is 209 g/mol. The molecule has 4 heteroatoms. The van der Waals surface area contributed by atoms with Crippen LogP contribution >= 0.6 is 0 Å². The number of halogens is 1. The number of anilines is 1. The van der Waals surface area contributed by atoms with Gasteiger partial charge in [0.05, 0.1) is 17.9 Å². The largest absolute Gasteiger partial charge is 0.488 e. The van der Waals surface area contributed by atoms with Crippen LogP contribution in [0.4, 0.5) is 10.1 Å². The fourth-order valence-electron chi connectivity index (χ4n) is 1.95. The minimum absolute atomic E-state index is 0.0347. The Hall–Kier alpha value is -1.29. The number of hydrogen-bond acceptors (Lipinski definition) is 3. The summed E-state index contributed by atoms with van der Waals surface area (Å²) in [5.74, 6) is 0.0569. The number of aliphatic hydroxyl groups is 1. The summed E-state index contributed by atoms with van der Waals surface area (Å²) in [5, 5.41) is 9.35. The zero-order valence-corrected chi connectivity index (χ0v) is 9.03. The first-order chi connectivity index (χ1) is 7.65. The normalized spacial score (nSPS) is 25.4. The van der Waals surface area contributed by atoms with Crippen molar-refractivity contribution in [3.05, 3.63) is 24.0 Å². The van der Waals surface area contributed by atoms with Crippen LogP contribution < -0.4 is 10.5 Å². The number of nitrogen functional groups attached to an aromatic ring is 1. The topological polar surface area (TPSA) is 55.5 Å². The maximum Gasteiger partial charge on any atom is 0.145 e. The van der Waals surface area contributed by atoms with Crippen LogP contribution in [0.1, 0.15) is 25.7 Å². The van der Waals surface area contributed by atoms with E-state index in [-0.39, 0.29) is 18.0 Å². The molecule has 1 saturated carbocycles. The quantitative estimate of drug-likeness (QED) is 0.758. The molecule has 1 fully saturated rings. The van der Waals surface area contributed by atoms with Gasteiger partial charge in [-0.05, 0) is 37.8 Å². The molecule has 0 saturated heterocycles. The third kappa shape index (κ3) is 2.64. The molecule has 0 unspecified atom stereocenters. The van der Waals surface area contributed by atoms with Gasteiger partial charge in [-0.1, -0.05) is 0 Å². The van der Waals surface area contributed by atoms with Gasteiger partial charge in [-0.15, -0.1) is 0 Å². The Kier molecular flexibility index (Phi) is 3.29. The van der Waals surface area contributed by atoms with Gasteiger partial charge in [0.25, 0.3) is 0 Å². The molecule has 3 N–H and O–H groups in total. The highest BCUT2D eigenvalue weighted by molar-refractivity contribution is 5.52. The van der Waals surface area contributed by atoms with Crippen LogP contribution in [-0.2, 0) is 0 Å². The van der Waals surface area contributed by atoms with Gasteiger partial charge in [-0.3, -0.25) is 0 Å². The minimum Gasteiger partial charge on any atom is -0.488 e. The maximum atomic E-state index is 13.0. The van der Waals surface area contributed by atoms with E-state index in [4.69, 9.17) is 10.5 Å². The van der Waals surface area contributed by atoms with E-state index in [1.165, 1.54) is 18.2 Å². The van der Waals surface area contributed by atoms with Crippen molar-refractivity contribution >= 4 is 5.69 Å². The second-order valence-electron chi connectivity index (χ2n) is 4.23. The fourth-order valence-corrected chi connectivity index (χ4v) is 1.95. The highest BCUT2D eigenvalue weighted by atomic mass is 19.1. The second kappa shape index (κ2) is 4.70. The van der Waals surface area contributed by atoms with E-state index in [9.17, 15) is 9.50 Å². The zero-order valence-electron chi connectivity index (χ0n) is 9.03. The lowest BCUT2D eigenvalue weighted by Gasteiger charge is -2.26. The summed E-state index contributed by atoms with van der Waals surface area (Å²) in [6, 6.07) is 4.12. The molecule has 0 aliphatic heterocycles. The summed E-state index contributed by atoms with van der Waals surface area (Å²) in [4.78, 5) is 0. The van der Waals surface area contributed by atoms with Crippen LogP contribution in [0.2, 0.25) is 0 Å². The number of rotatable bonds is 2. The Morgan fingerprint density at radius 1 is 1.25 bits per heavy atom. The lowest BCUT2D eigenvalue weighted by atomic mass is 9.95. The van der Waals surface area contributed by atoms with Gasteiger partial charge in [0, 0.05) is 6.07 Å². The molecule has 0 heterocycles. The Bertz CT molecular complexity index is 362. The van der Waals surface area contributed by atoms with Crippen LogP contribution in [0.25, 0.3) is 0 Å². The van der Waals surface area contributed by atoms with E-state index >= 15 is 0 Å². The van der Waals surface area contributed by atoms with Crippen LogP contribution in [0.5, 0.6) is 5.75 Å². The van der Waals surface area contributed by atoms with Gasteiger partial charge in [0.1, 0.15) is 11.6 Å². The number of ether oxygens (including phenoxy) is 1. The molecule has 0 bridgehead atoms. The number of hydrogen-bond donors (Lipinski definition) is 2. The lowest BCUT2D eigenvalue weighted by molar-refractivity contribution is 0.0668. The van der Waals surface area contributed by atoms with Crippen molar-refractivity contribution in [2.75, 3.05) is 5.73 Å². The molecule has 1 aromatic carbocycles. The molecule has 0 radical (unpaired) electrons. The molecule has 3 nitrogen and oxygen atoms in total. The van der Waals surface area contributed by atoms with Crippen molar-refractivity contribution in [1.82, 2.24) is 0 Å². The molecular formula is C12H16FNO2. The molecule has 88 valence electrons. The first-order valence-electron chi connectivity index (χ1n) is 5.55. The van der Waals surface area contributed by atoms with Crippen molar-refractivity contribution in [2.24, 2.45) is 0 Å². The average molecular weight is 225 g/mol. The predicted molar refractivity (Wildman–Crippen MR) is 59.7 cm³/mol. The number of nitrogens with two attached hydrogens (primary N) is 1. The van der Waals surface area contributed by atoms with Crippen molar-refractivity contribution in [3.63, 3.8) is 0 Å². The van der Waals surface area contributed by atoms with E-state index in [1.807, 2.05) is 0 Å². The Balaban J connectivity index is 2.00. The van der Waals surface area contributed by atoms with Crippen molar-refractivity contribution in [1.29, 1.82) is 0 Å². The minimum atomic E-state index is -0.347. The SMILES string of the molecule is Nc1ccc(F)cc1OC1CCC(O)CC1. The fraction of sp³-hybridized carbons (Fsp3) is 0.500. The average Bonchev–Trinajstić information content (AvgIpc) is 2.27. The van der Waals surface area contributed by atoms with E-state index in [2.05, 4.69) is 0 Å². The van der Waals surface area contributed by atoms with Crippen LogP contribution in [-0.4, -0.2) is 17.3 Å². The predicted octanol–water partition coefficient (Wildman–Crippen LogP) is 2.09. The molecule has 0 atom stereocenters. The molecule has 0 aromatic heterocycles. The molecule has 0 spiro atoms. The number of aliphatic hydroxyl groups excluding tert-OH is 1. The first-order valence-corrected chi connectivity index (χ1v) is 5.55. The Morgan fingerprint density at radius 2 is 1.94 bits per heavy atom. The molecule has 16 heavy (non-hydrogen) atoms. The van der Waals surface area contributed by atoms with E-state index < -0.39 is 0 Å². The van der Waals surface area contributed by atoms with Crippen LogP contribution in [0, 0.1) is 5.82 Å². The molecule has 0 amide bonds. The summed E-state index contributed by atoms with van der Waals surface area (Å²) < 4.78 is 18.6. The highest BCUT2D eigenvalue weighted by Gasteiger charge is 2.21. The smallest absolute Gasteiger partial charge is 0.145 e. The summed E-state index contributed by atoms with van der Waals surface area (Å²) in [7, 11) is 0. The molecule has 1 aliphatic carbocycles. The van der Waals surface area contributed by atoms with Crippen LogP contribution in [0.15, 0.2) is 18.2 Å². The third-order valence-electron chi connectivity index (χ3n) is 2.91. The van der Waals surface area contributed by atoms with Crippen molar-refractivity contribution < 1.29 is 14.2 Å². The van der Waals surface area contributed by atoms with Gasteiger partial charge in [0.2, 0.25) is 0 Å². The summed E-state index contributed by atoms with van der Waals surface area (Å²) >= 11 is 0. The lowest BCUT2D eigenvalue weighted by Crippen LogP contribution is -2.26.